The summed E-state index contributed by atoms with van der Waals surface area (Å²) < 4.78 is 0. The molecule has 0 aliphatic heterocycles. The Morgan fingerprint density at radius 2 is 0.444 bits per heavy atom. The number of rotatable bonds is 9. The lowest BCUT2D eigenvalue weighted by atomic mass is 10.2. The Morgan fingerprint density at radius 3 is 0.704 bits per heavy atom. The first-order chi connectivity index (χ1) is 26.3. The van der Waals surface area contributed by atoms with Gasteiger partial charge in [-0.1, -0.05) is 0 Å². The maximum absolute atomic E-state index is 2.39. The van der Waals surface area contributed by atoms with Gasteiger partial charge in [-0.3, -0.25) is 0 Å². The maximum atomic E-state index is 2.39. The molecule has 0 N–H and O–H groups in total. The van der Waals surface area contributed by atoms with E-state index in [0.717, 1.165) is 0 Å². The molecule has 0 aliphatic carbocycles. The molecule has 10 aromatic rings. The van der Waals surface area contributed by atoms with Gasteiger partial charge >= 0.3 is 0 Å². The molecule has 10 heterocycles. The third-order valence-corrected chi connectivity index (χ3v) is 21.8. The fourth-order valence-corrected chi connectivity index (χ4v) is 17.5. The highest BCUT2D eigenvalue weighted by Gasteiger charge is 2.19. The summed E-state index contributed by atoms with van der Waals surface area (Å²) in [6.45, 7) is 8.89. The molecule has 0 fully saturated rings. The lowest BCUT2D eigenvalue weighted by Gasteiger charge is -1.95. The van der Waals surface area contributed by atoms with E-state index in [9.17, 15) is 0 Å². The Balaban J connectivity index is 0.855. The Morgan fingerprint density at radius 1 is 0.222 bits per heavy atom. The van der Waals surface area contributed by atoms with E-state index in [1.54, 1.807) is 0 Å². The first kappa shape index (κ1) is 35.4. The van der Waals surface area contributed by atoms with Crippen LogP contribution in [0.3, 0.4) is 0 Å². The standard InChI is InChI=1S/C44H30S10/c1-23-21-41(53-43(23)39-19-17-37(51-39)35-15-13-33(49-35)31-11-9-29(47-31)27-7-5-25(3)45-27)42-22-24(2)44(54-42)40-20-18-38(52-40)36-16-14-34(50-36)32-12-10-30(48-32)28-8-6-26(4)46-28/h5-22H,1-4H3. The number of aryl methyl sites for hydroxylation is 4. The molecule has 0 spiro atoms. The highest BCUT2D eigenvalue weighted by atomic mass is 32.1. The minimum atomic E-state index is 1.34. The third kappa shape index (κ3) is 6.78. The number of hydrogen-bond donors (Lipinski definition) is 0. The van der Waals surface area contributed by atoms with Crippen LogP contribution in [0.15, 0.2) is 109 Å². The molecule has 0 amide bonds. The predicted molar refractivity (Wildman–Crippen MR) is 253 cm³/mol. The first-order valence-electron chi connectivity index (χ1n) is 17.3. The van der Waals surface area contributed by atoms with Crippen LogP contribution >= 0.6 is 113 Å². The largest absolute Gasteiger partial charge is 0.140 e. The molecule has 0 saturated carbocycles. The fraction of sp³-hybridized carbons (Fsp3) is 0.0909. The van der Waals surface area contributed by atoms with Gasteiger partial charge in [0.15, 0.2) is 0 Å². The van der Waals surface area contributed by atoms with Crippen LogP contribution in [0.25, 0.3) is 87.8 Å². The minimum Gasteiger partial charge on any atom is -0.140 e. The van der Waals surface area contributed by atoms with Crippen LogP contribution in [0.2, 0.25) is 0 Å². The summed E-state index contributed by atoms with van der Waals surface area (Å²) in [6, 6.07) is 41.3. The van der Waals surface area contributed by atoms with E-state index in [2.05, 4.69) is 137 Å². The molecule has 10 aromatic heterocycles. The van der Waals surface area contributed by atoms with Crippen molar-refractivity contribution in [3.63, 3.8) is 0 Å². The molecule has 0 saturated heterocycles. The maximum Gasteiger partial charge on any atom is 0.0478 e. The summed E-state index contributed by atoms with van der Waals surface area (Å²) in [4.78, 5) is 27.1. The van der Waals surface area contributed by atoms with E-state index >= 15 is 0 Å². The molecule has 0 aromatic carbocycles. The van der Waals surface area contributed by atoms with Crippen molar-refractivity contribution in [2.75, 3.05) is 0 Å². The lowest BCUT2D eigenvalue weighted by Crippen LogP contribution is -1.67. The number of hydrogen-bond acceptors (Lipinski definition) is 10. The number of thiophene rings is 10. The van der Waals surface area contributed by atoms with Gasteiger partial charge in [0.05, 0.1) is 0 Å². The highest BCUT2D eigenvalue weighted by molar-refractivity contribution is 7.32. The minimum absolute atomic E-state index is 1.34. The van der Waals surface area contributed by atoms with Gasteiger partial charge in [0.1, 0.15) is 0 Å². The Labute approximate surface area is 355 Å². The molecule has 10 heteroatoms. The van der Waals surface area contributed by atoms with Gasteiger partial charge < -0.3 is 0 Å². The summed E-state index contributed by atoms with van der Waals surface area (Å²) >= 11 is 19.0. The van der Waals surface area contributed by atoms with Crippen molar-refractivity contribution in [2.45, 2.75) is 27.7 Å². The average molecular weight is 879 g/mol. The van der Waals surface area contributed by atoms with E-state index in [1.807, 2.05) is 113 Å². The molecule has 266 valence electrons. The van der Waals surface area contributed by atoms with E-state index in [-0.39, 0.29) is 0 Å². The van der Waals surface area contributed by atoms with Crippen molar-refractivity contribution in [2.24, 2.45) is 0 Å². The molecular weight excluding hydrogens is 849 g/mol. The Bertz CT molecular complexity index is 2700. The van der Waals surface area contributed by atoms with Crippen LogP contribution in [0.1, 0.15) is 20.9 Å². The molecule has 54 heavy (non-hydrogen) atoms. The molecule has 0 atom stereocenters. The van der Waals surface area contributed by atoms with E-state index in [4.69, 9.17) is 0 Å². The van der Waals surface area contributed by atoms with E-state index < -0.39 is 0 Å². The van der Waals surface area contributed by atoms with Crippen molar-refractivity contribution in [3.8, 4) is 87.8 Å². The molecule has 0 bridgehead atoms. The van der Waals surface area contributed by atoms with Crippen molar-refractivity contribution in [3.05, 3.63) is 130 Å². The molecule has 0 nitrogen and oxygen atoms in total. The smallest absolute Gasteiger partial charge is 0.0478 e. The zero-order valence-electron chi connectivity index (χ0n) is 29.5. The monoisotopic (exact) mass is 878 g/mol. The summed E-state index contributed by atoms with van der Waals surface area (Å²) in [5.74, 6) is 0. The van der Waals surface area contributed by atoms with Gasteiger partial charge in [-0.05, 0) is 148 Å². The van der Waals surface area contributed by atoms with Gasteiger partial charge in [0.2, 0.25) is 0 Å². The molecule has 10 rings (SSSR count). The molecule has 0 aliphatic rings. The van der Waals surface area contributed by atoms with Crippen LogP contribution < -0.4 is 0 Å². The Hall–Kier alpha value is -3.00. The van der Waals surface area contributed by atoms with Gasteiger partial charge in [0, 0.05) is 97.5 Å². The summed E-state index contributed by atoms with van der Waals surface area (Å²) in [5, 5.41) is 0. The summed E-state index contributed by atoms with van der Waals surface area (Å²) in [7, 11) is 0. The van der Waals surface area contributed by atoms with Crippen LogP contribution in [-0.4, -0.2) is 0 Å². The first-order valence-corrected chi connectivity index (χ1v) is 25.4. The topological polar surface area (TPSA) is 0 Å². The second kappa shape index (κ2) is 14.5. The second-order valence-corrected chi connectivity index (χ2v) is 24.2. The average Bonchev–Trinajstić information content (AvgIpc) is 3.99. The SMILES string of the molecule is Cc1ccc(-c2ccc(-c3ccc(-c4ccc(-c5sc(-c6cc(C)c(-c7ccc(-c8ccc(-c9ccc(-c%10ccc(C)s%10)s9)s8)s7)s6)cc5C)s4)s3)s2)s1. The van der Waals surface area contributed by atoms with Crippen LogP contribution in [0, 0.1) is 27.7 Å². The van der Waals surface area contributed by atoms with Crippen molar-refractivity contribution < 1.29 is 0 Å². The third-order valence-electron chi connectivity index (χ3n) is 9.10. The summed E-state index contributed by atoms with van der Waals surface area (Å²) in [6.07, 6.45) is 0. The predicted octanol–water partition coefficient (Wildman–Crippen LogP) is 18.5. The quantitative estimate of drug-likeness (QED) is 0.136. The van der Waals surface area contributed by atoms with E-state index in [0.29, 0.717) is 0 Å². The van der Waals surface area contributed by atoms with Gasteiger partial charge in [-0.25, -0.2) is 0 Å². The Kier molecular flexibility index (Phi) is 9.51. The fourth-order valence-electron chi connectivity index (χ4n) is 6.43. The molecule has 0 radical (unpaired) electrons. The molecular formula is C44H30S10. The van der Waals surface area contributed by atoms with Crippen molar-refractivity contribution in [1.29, 1.82) is 0 Å². The normalized spacial score (nSPS) is 11.7. The van der Waals surface area contributed by atoms with Crippen molar-refractivity contribution >= 4 is 113 Å². The van der Waals surface area contributed by atoms with E-state index in [1.165, 1.54) is 109 Å². The lowest BCUT2D eigenvalue weighted by molar-refractivity contribution is 1.54. The summed E-state index contributed by atoms with van der Waals surface area (Å²) in [5.41, 5.74) is 2.71. The molecule has 0 unspecified atom stereocenters. The van der Waals surface area contributed by atoms with Crippen LogP contribution in [-0.2, 0) is 0 Å². The van der Waals surface area contributed by atoms with Gasteiger partial charge in [-0.15, -0.1) is 113 Å². The highest BCUT2D eigenvalue weighted by Crippen LogP contribution is 2.50. The van der Waals surface area contributed by atoms with Crippen LogP contribution in [0.4, 0.5) is 0 Å². The zero-order valence-corrected chi connectivity index (χ0v) is 37.6. The van der Waals surface area contributed by atoms with Gasteiger partial charge in [0.25, 0.3) is 0 Å². The second-order valence-electron chi connectivity index (χ2n) is 13.0. The van der Waals surface area contributed by atoms with Gasteiger partial charge in [-0.2, -0.15) is 0 Å². The van der Waals surface area contributed by atoms with Crippen LogP contribution in [0.5, 0.6) is 0 Å². The van der Waals surface area contributed by atoms with Crippen molar-refractivity contribution in [1.82, 2.24) is 0 Å². The zero-order chi connectivity index (χ0) is 36.5.